The fourth-order valence-electron chi connectivity index (χ4n) is 1.89. The van der Waals surface area contributed by atoms with Gasteiger partial charge in [0, 0.05) is 18.9 Å². The number of ketones is 1. The van der Waals surface area contributed by atoms with E-state index in [1.807, 2.05) is 7.05 Å². The summed E-state index contributed by atoms with van der Waals surface area (Å²) in [7, 11) is 1.95. The number of hydrogen-bond acceptors (Lipinski definition) is 2. The Morgan fingerprint density at radius 3 is 2.91 bits per heavy atom. The minimum Gasteiger partial charge on any atom is -0.316 e. The second-order valence-electron chi connectivity index (χ2n) is 3.34. The molecule has 0 aromatic carbocycles. The van der Waals surface area contributed by atoms with Crippen LogP contribution in [0.25, 0.3) is 0 Å². The standard InChI is InChI=1S/C9H17NO/c1-3-7-4-5-8(11)6-9(7)10-2/h7,9-10H,3-6H2,1-2H3. The molecule has 0 radical (unpaired) electrons. The van der Waals surface area contributed by atoms with E-state index in [4.69, 9.17) is 0 Å². The second-order valence-corrected chi connectivity index (χ2v) is 3.34. The van der Waals surface area contributed by atoms with E-state index in [1.165, 1.54) is 6.42 Å². The van der Waals surface area contributed by atoms with Crippen molar-refractivity contribution in [3.05, 3.63) is 0 Å². The van der Waals surface area contributed by atoms with Crippen molar-refractivity contribution in [1.82, 2.24) is 5.32 Å². The van der Waals surface area contributed by atoms with E-state index in [0.29, 0.717) is 11.8 Å². The molecule has 0 saturated heterocycles. The molecule has 64 valence electrons. The summed E-state index contributed by atoms with van der Waals surface area (Å²) in [6.45, 7) is 2.20. The average molecular weight is 155 g/mol. The summed E-state index contributed by atoms with van der Waals surface area (Å²) in [5.74, 6) is 1.15. The average Bonchev–Trinajstić information content (AvgIpc) is 2.04. The van der Waals surface area contributed by atoms with Gasteiger partial charge in [-0.2, -0.15) is 0 Å². The van der Waals surface area contributed by atoms with Crippen LogP contribution in [0.3, 0.4) is 0 Å². The molecule has 1 saturated carbocycles. The SMILES string of the molecule is CCC1CCC(=O)CC1NC. The Balaban J connectivity index is 2.48. The zero-order valence-corrected chi connectivity index (χ0v) is 7.39. The van der Waals surface area contributed by atoms with Crippen LogP contribution in [0.5, 0.6) is 0 Å². The number of hydrogen-bond donors (Lipinski definition) is 1. The zero-order chi connectivity index (χ0) is 8.27. The first kappa shape index (κ1) is 8.72. The highest BCUT2D eigenvalue weighted by molar-refractivity contribution is 5.79. The van der Waals surface area contributed by atoms with Crippen LogP contribution < -0.4 is 5.32 Å². The van der Waals surface area contributed by atoms with Crippen molar-refractivity contribution in [2.24, 2.45) is 5.92 Å². The highest BCUT2D eigenvalue weighted by Crippen LogP contribution is 2.24. The molecule has 1 rings (SSSR count). The van der Waals surface area contributed by atoms with Gasteiger partial charge in [-0.05, 0) is 19.4 Å². The molecule has 0 aromatic rings. The Morgan fingerprint density at radius 2 is 2.36 bits per heavy atom. The lowest BCUT2D eigenvalue weighted by Crippen LogP contribution is -2.38. The van der Waals surface area contributed by atoms with Gasteiger partial charge in [-0.1, -0.05) is 13.3 Å². The second kappa shape index (κ2) is 3.86. The van der Waals surface area contributed by atoms with E-state index in [9.17, 15) is 4.79 Å². The molecule has 0 bridgehead atoms. The van der Waals surface area contributed by atoms with Gasteiger partial charge in [-0.3, -0.25) is 4.79 Å². The van der Waals surface area contributed by atoms with Crippen LogP contribution in [0.1, 0.15) is 32.6 Å². The van der Waals surface area contributed by atoms with Crippen molar-refractivity contribution in [2.75, 3.05) is 7.05 Å². The van der Waals surface area contributed by atoms with Gasteiger partial charge in [0.2, 0.25) is 0 Å². The number of carbonyl (C=O) groups is 1. The van der Waals surface area contributed by atoms with Crippen molar-refractivity contribution in [3.63, 3.8) is 0 Å². The highest BCUT2D eigenvalue weighted by atomic mass is 16.1. The first-order valence-electron chi connectivity index (χ1n) is 4.47. The van der Waals surface area contributed by atoms with Gasteiger partial charge in [0.15, 0.2) is 0 Å². The molecule has 0 aromatic heterocycles. The van der Waals surface area contributed by atoms with Crippen LogP contribution in [0.15, 0.2) is 0 Å². The predicted octanol–water partition coefficient (Wildman–Crippen LogP) is 1.35. The maximum absolute atomic E-state index is 11.1. The third-order valence-electron chi connectivity index (χ3n) is 2.71. The lowest BCUT2D eigenvalue weighted by Gasteiger charge is -2.29. The van der Waals surface area contributed by atoms with E-state index in [-0.39, 0.29) is 0 Å². The molecule has 2 nitrogen and oxygen atoms in total. The molecule has 11 heavy (non-hydrogen) atoms. The molecule has 1 fully saturated rings. The van der Waals surface area contributed by atoms with Crippen molar-refractivity contribution in [3.8, 4) is 0 Å². The summed E-state index contributed by atoms with van der Waals surface area (Å²) in [4.78, 5) is 11.1. The Labute approximate surface area is 68.4 Å². The Kier molecular flexibility index (Phi) is 3.06. The molecule has 0 heterocycles. The lowest BCUT2D eigenvalue weighted by atomic mass is 9.82. The normalized spacial score (nSPS) is 32.4. The molecule has 2 atom stereocenters. The number of rotatable bonds is 2. The van der Waals surface area contributed by atoms with E-state index >= 15 is 0 Å². The number of Topliss-reactive ketones (excluding diaryl/α,β-unsaturated/α-hetero) is 1. The van der Waals surface area contributed by atoms with Gasteiger partial charge in [-0.15, -0.1) is 0 Å². The van der Waals surface area contributed by atoms with E-state index in [2.05, 4.69) is 12.2 Å². The monoisotopic (exact) mass is 155 g/mol. The minimum atomic E-state index is 0.425. The first-order valence-corrected chi connectivity index (χ1v) is 4.47. The van der Waals surface area contributed by atoms with Crippen LogP contribution >= 0.6 is 0 Å². The first-order chi connectivity index (χ1) is 5.27. The van der Waals surface area contributed by atoms with Gasteiger partial charge in [0.05, 0.1) is 0 Å². The van der Waals surface area contributed by atoms with Crippen LogP contribution in [0, 0.1) is 5.92 Å². The molecule has 2 heteroatoms. The van der Waals surface area contributed by atoms with Crippen LogP contribution in [-0.2, 0) is 4.79 Å². The third-order valence-corrected chi connectivity index (χ3v) is 2.71. The van der Waals surface area contributed by atoms with Crippen molar-refractivity contribution < 1.29 is 4.79 Å². The summed E-state index contributed by atoms with van der Waals surface area (Å²) >= 11 is 0. The summed E-state index contributed by atoms with van der Waals surface area (Å²) in [5, 5.41) is 3.21. The molecule has 1 aliphatic rings. The molecule has 1 aliphatic carbocycles. The van der Waals surface area contributed by atoms with Crippen molar-refractivity contribution >= 4 is 5.78 Å². The quantitative estimate of drug-likeness (QED) is 0.652. The topological polar surface area (TPSA) is 29.1 Å². The van der Waals surface area contributed by atoms with Crippen LogP contribution in [0.2, 0.25) is 0 Å². The van der Waals surface area contributed by atoms with Gasteiger partial charge in [0.25, 0.3) is 0 Å². The maximum atomic E-state index is 11.1. The fourth-order valence-corrected chi connectivity index (χ4v) is 1.89. The maximum Gasteiger partial charge on any atom is 0.134 e. The smallest absolute Gasteiger partial charge is 0.134 e. The summed E-state index contributed by atoms with van der Waals surface area (Å²) in [6.07, 6.45) is 3.82. The zero-order valence-electron chi connectivity index (χ0n) is 7.39. The van der Waals surface area contributed by atoms with Gasteiger partial charge >= 0.3 is 0 Å². The molecule has 1 N–H and O–H groups in total. The van der Waals surface area contributed by atoms with Crippen molar-refractivity contribution in [1.29, 1.82) is 0 Å². The van der Waals surface area contributed by atoms with Crippen LogP contribution in [-0.4, -0.2) is 18.9 Å². The molecular formula is C9H17NO. The Hall–Kier alpha value is -0.370. The lowest BCUT2D eigenvalue weighted by molar-refractivity contribution is -0.121. The molecular weight excluding hydrogens is 138 g/mol. The summed E-state index contributed by atoms with van der Waals surface area (Å²) in [5.41, 5.74) is 0. The van der Waals surface area contributed by atoms with E-state index < -0.39 is 0 Å². The van der Waals surface area contributed by atoms with Gasteiger partial charge in [0.1, 0.15) is 5.78 Å². The Bertz CT molecular complexity index is 144. The van der Waals surface area contributed by atoms with Gasteiger partial charge in [-0.25, -0.2) is 0 Å². The molecule has 2 unspecified atom stereocenters. The Morgan fingerprint density at radius 1 is 1.64 bits per heavy atom. The summed E-state index contributed by atoms with van der Waals surface area (Å²) in [6, 6.07) is 0.446. The number of nitrogens with one attached hydrogen (secondary N) is 1. The minimum absolute atomic E-state index is 0.425. The molecule has 0 aliphatic heterocycles. The number of carbonyl (C=O) groups excluding carboxylic acids is 1. The van der Waals surface area contributed by atoms with E-state index in [0.717, 1.165) is 25.2 Å². The summed E-state index contributed by atoms with van der Waals surface area (Å²) < 4.78 is 0. The van der Waals surface area contributed by atoms with Gasteiger partial charge < -0.3 is 5.32 Å². The van der Waals surface area contributed by atoms with Crippen LogP contribution in [0.4, 0.5) is 0 Å². The largest absolute Gasteiger partial charge is 0.316 e. The van der Waals surface area contributed by atoms with E-state index in [1.54, 1.807) is 0 Å². The fraction of sp³-hybridized carbons (Fsp3) is 0.889. The third kappa shape index (κ3) is 2.03. The predicted molar refractivity (Wildman–Crippen MR) is 45.5 cm³/mol. The molecule has 0 amide bonds. The highest BCUT2D eigenvalue weighted by Gasteiger charge is 2.26. The molecule has 0 spiro atoms. The van der Waals surface area contributed by atoms with Crippen molar-refractivity contribution in [2.45, 2.75) is 38.6 Å².